The molecule has 0 unspecified atom stereocenters. The van der Waals surface area contributed by atoms with Crippen molar-refractivity contribution >= 4 is 23.5 Å². The van der Waals surface area contributed by atoms with Gasteiger partial charge in [0.05, 0.1) is 0 Å². The molecular formula is C19H13ClO3. The number of hydrogen-bond acceptors (Lipinski definition) is 3. The van der Waals surface area contributed by atoms with Crippen molar-refractivity contribution in [2.24, 2.45) is 0 Å². The largest absolute Gasteiger partial charge is 0.508 e. The van der Waals surface area contributed by atoms with E-state index in [1.165, 1.54) is 18.2 Å². The molecule has 0 atom stereocenters. The molecule has 0 spiro atoms. The lowest BCUT2D eigenvalue weighted by molar-refractivity contribution is 0.104. The second-order valence-electron chi connectivity index (χ2n) is 4.96. The van der Waals surface area contributed by atoms with Gasteiger partial charge in [-0.1, -0.05) is 23.7 Å². The first kappa shape index (κ1) is 15.1. The Kier molecular flexibility index (Phi) is 4.31. The fourth-order valence-corrected chi connectivity index (χ4v) is 2.25. The van der Waals surface area contributed by atoms with Crippen LogP contribution in [0.1, 0.15) is 16.1 Å². The highest BCUT2D eigenvalue weighted by Crippen LogP contribution is 2.24. The molecule has 0 bridgehead atoms. The van der Waals surface area contributed by atoms with Crippen molar-refractivity contribution in [3.05, 3.63) is 83.1 Å². The summed E-state index contributed by atoms with van der Waals surface area (Å²) in [5.41, 5.74) is 1.33. The van der Waals surface area contributed by atoms with E-state index in [1.54, 1.807) is 36.4 Å². The topological polar surface area (TPSA) is 50.4 Å². The molecule has 0 aliphatic carbocycles. The zero-order valence-electron chi connectivity index (χ0n) is 12.1. The molecule has 0 aliphatic rings. The zero-order chi connectivity index (χ0) is 16.2. The number of benzene rings is 2. The van der Waals surface area contributed by atoms with Crippen LogP contribution in [-0.4, -0.2) is 10.9 Å². The zero-order valence-corrected chi connectivity index (χ0v) is 12.8. The minimum atomic E-state index is -0.203. The standard InChI is InChI=1S/C19H13ClO3/c20-15-6-4-13(5-7-15)19-11-9-17(23-19)8-10-18(22)14-2-1-3-16(21)12-14/h1-12,21H/b10-8+. The molecule has 3 rings (SSSR count). The van der Waals surface area contributed by atoms with Gasteiger partial charge in [-0.25, -0.2) is 0 Å². The Labute approximate surface area is 138 Å². The molecule has 0 saturated heterocycles. The van der Waals surface area contributed by atoms with Gasteiger partial charge in [0.15, 0.2) is 5.78 Å². The summed E-state index contributed by atoms with van der Waals surface area (Å²) in [6, 6.07) is 17.2. The molecule has 1 aromatic heterocycles. The van der Waals surface area contributed by atoms with Crippen molar-refractivity contribution in [3.63, 3.8) is 0 Å². The van der Waals surface area contributed by atoms with E-state index in [1.807, 2.05) is 18.2 Å². The van der Waals surface area contributed by atoms with Gasteiger partial charge in [-0.15, -0.1) is 0 Å². The highest BCUT2D eigenvalue weighted by Gasteiger charge is 2.05. The lowest BCUT2D eigenvalue weighted by atomic mass is 10.1. The van der Waals surface area contributed by atoms with Gasteiger partial charge < -0.3 is 9.52 Å². The van der Waals surface area contributed by atoms with Crippen LogP contribution < -0.4 is 0 Å². The van der Waals surface area contributed by atoms with Crippen LogP contribution in [0.4, 0.5) is 0 Å². The average Bonchev–Trinajstić information content (AvgIpc) is 3.02. The van der Waals surface area contributed by atoms with Gasteiger partial charge in [0.2, 0.25) is 0 Å². The maximum Gasteiger partial charge on any atom is 0.186 e. The summed E-state index contributed by atoms with van der Waals surface area (Å²) in [4.78, 5) is 12.0. The van der Waals surface area contributed by atoms with Crippen molar-refractivity contribution in [2.45, 2.75) is 0 Å². The number of furan rings is 1. The SMILES string of the molecule is O=C(/C=C/c1ccc(-c2ccc(Cl)cc2)o1)c1cccc(O)c1. The number of ketones is 1. The third-order valence-electron chi connectivity index (χ3n) is 3.29. The Balaban J connectivity index is 1.76. The summed E-state index contributed by atoms with van der Waals surface area (Å²) in [6.07, 6.45) is 3.02. The molecule has 0 radical (unpaired) electrons. The average molecular weight is 325 g/mol. The smallest absolute Gasteiger partial charge is 0.186 e. The van der Waals surface area contributed by atoms with Crippen LogP contribution in [0.15, 0.2) is 71.2 Å². The lowest BCUT2D eigenvalue weighted by Gasteiger charge is -1.97. The van der Waals surface area contributed by atoms with Gasteiger partial charge in [0, 0.05) is 16.1 Å². The van der Waals surface area contributed by atoms with E-state index in [-0.39, 0.29) is 11.5 Å². The van der Waals surface area contributed by atoms with Crippen molar-refractivity contribution in [2.75, 3.05) is 0 Å². The van der Waals surface area contributed by atoms with E-state index in [2.05, 4.69) is 0 Å². The van der Waals surface area contributed by atoms with Crippen molar-refractivity contribution in [3.8, 4) is 17.1 Å². The maximum absolute atomic E-state index is 12.0. The van der Waals surface area contributed by atoms with Crippen LogP contribution in [0.25, 0.3) is 17.4 Å². The van der Waals surface area contributed by atoms with Gasteiger partial charge in [-0.2, -0.15) is 0 Å². The number of carbonyl (C=O) groups is 1. The first-order valence-electron chi connectivity index (χ1n) is 6.99. The maximum atomic E-state index is 12.0. The van der Waals surface area contributed by atoms with Crippen LogP contribution in [-0.2, 0) is 0 Å². The van der Waals surface area contributed by atoms with Gasteiger partial charge in [0.1, 0.15) is 17.3 Å². The van der Waals surface area contributed by atoms with Crippen molar-refractivity contribution in [1.29, 1.82) is 0 Å². The van der Waals surface area contributed by atoms with Crippen LogP contribution in [0.3, 0.4) is 0 Å². The third kappa shape index (κ3) is 3.71. The second kappa shape index (κ2) is 6.55. The molecule has 0 amide bonds. The summed E-state index contributed by atoms with van der Waals surface area (Å²) in [5.74, 6) is 1.13. The number of phenols is 1. The van der Waals surface area contributed by atoms with Gasteiger partial charge in [0.25, 0.3) is 0 Å². The third-order valence-corrected chi connectivity index (χ3v) is 3.54. The molecule has 4 heteroatoms. The molecule has 3 nitrogen and oxygen atoms in total. The molecule has 2 aromatic carbocycles. The van der Waals surface area contributed by atoms with Crippen LogP contribution in [0.2, 0.25) is 5.02 Å². The Bertz CT molecular complexity index is 860. The van der Waals surface area contributed by atoms with Crippen LogP contribution in [0.5, 0.6) is 5.75 Å². The number of hydrogen-bond donors (Lipinski definition) is 1. The summed E-state index contributed by atoms with van der Waals surface area (Å²) < 4.78 is 5.69. The first-order chi connectivity index (χ1) is 11.1. The minimum Gasteiger partial charge on any atom is -0.508 e. The predicted octanol–water partition coefficient (Wildman–Crippen LogP) is 5.20. The minimum absolute atomic E-state index is 0.0623. The summed E-state index contributed by atoms with van der Waals surface area (Å²) in [6.45, 7) is 0. The number of phenolic OH excluding ortho intramolecular Hbond substituents is 1. The number of carbonyl (C=O) groups excluding carboxylic acids is 1. The Morgan fingerprint density at radius 3 is 2.57 bits per heavy atom. The number of allylic oxidation sites excluding steroid dienone is 1. The quantitative estimate of drug-likeness (QED) is 0.530. The molecule has 1 N–H and O–H groups in total. The van der Waals surface area contributed by atoms with Gasteiger partial charge in [-0.3, -0.25) is 4.79 Å². The van der Waals surface area contributed by atoms with Crippen LogP contribution >= 0.6 is 11.6 Å². The van der Waals surface area contributed by atoms with Gasteiger partial charge >= 0.3 is 0 Å². The molecule has 0 aliphatic heterocycles. The number of halogens is 1. The highest BCUT2D eigenvalue weighted by molar-refractivity contribution is 6.30. The Hall–Kier alpha value is -2.78. The van der Waals surface area contributed by atoms with E-state index in [0.29, 0.717) is 22.1 Å². The molecule has 3 aromatic rings. The summed E-state index contributed by atoms with van der Waals surface area (Å²) in [7, 11) is 0. The van der Waals surface area contributed by atoms with E-state index in [0.717, 1.165) is 5.56 Å². The number of aromatic hydroxyl groups is 1. The monoisotopic (exact) mass is 324 g/mol. The molecule has 23 heavy (non-hydrogen) atoms. The van der Waals surface area contributed by atoms with E-state index in [9.17, 15) is 9.90 Å². The fourth-order valence-electron chi connectivity index (χ4n) is 2.12. The van der Waals surface area contributed by atoms with Gasteiger partial charge in [-0.05, 0) is 60.7 Å². The molecule has 0 fully saturated rings. The van der Waals surface area contributed by atoms with Crippen molar-refractivity contribution in [1.82, 2.24) is 0 Å². The van der Waals surface area contributed by atoms with E-state index < -0.39 is 0 Å². The fraction of sp³-hybridized carbons (Fsp3) is 0. The Morgan fingerprint density at radius 2 is 1.83 bits per heavy atom. The van der Waals surface area contributed by atoms with Crippen molar-refractivity contribution < 1.29 is 14.3 Å². The molecular weight excluding hydrogens is 312 g/mol. The summed E-state index contributed by atoms with van der Waals surface area (Å²) in [5, 5.41) is 10.1. The normalized spacial score (nSPS) is 11.0. The summed E-state index contributed by atoms with van der Waals surface area (Å²) >= 11 is 5.86. The molecule has 114 valence electrons. The second-order valence-corrected chi connectivity index (χ2v) is 5.39. The highest BCUT2D eigenvalue weighted by atomic mass is 35.5. The lowest BCUT2D eigenvalue weighted by Crippen LogP contribution is -1.92. The van der Waals surface area contributed by atoms with E-state index in [4.69, 9.17) is 16.0 Å². The predicted molar refractivity (Wildman–Crippen MR) is 90.6 cm³/mol. The Morgan fingerprint density at radius 1 is 1.04 bits per heavy atom. The molecule has 0 saturated carbocycles. The van der Waals surface area contributed by atoms with Crippen LogP contribution in [0, 0.1) is 0 Å². The number of rotatable bonds is 4. The van der Waals surface area contributed by atoms with E-state index >= 15 is 0 Å². The first-order valence-corrected chi connectivity index (χ1v) is 7.37. The molecule has 1 heterocycles.